The van der Waals surface area contributed by atoms with Crippen molar-refractivity contribution in [2.45, 2.75) is 26.8 Å². The Morgan fingerprint density at radius 3 is 2.42 bits per heavy atom. The number of hydrogen-bond donors (Lipinski definition) is 0. The van der Waals surface area contributed by atoms with E-state index in [0.717, 1.165) is 11.3 Å². The SMILES string of the molecule is CCC(=O)N(Cc1ccc(C)cc1)c1csc(-c2ccccc2)c1. The summed E-state index contributed by atoms with van der Waals surface area (Å²) >= 11 is 1.68. The summed E-state index contributed by atoms with van der Waals surface area (Å²) in [6.45, 7) is 4.59. The minimum Gasteiger partial charge on any atom is -0.307 e. The third kappa shape index (κ3) is 3.74. The Balaban J connectivity index is 1.88. The van der Waals surface area contributed by atoms with Crippen LogP contribution in [0.4, 0.5) is 5.69 Å². The molecule has 0 bridgehead atoms. The smallest absolute Gasteiger partial charge is 0.227 e. The van der Waals surface area contributed by atoms with E-state index >= 15 is 0 Å². The fourth-order valence-corrected chi connectivity index (χ4v) is 3.52. The van der Waals surface area contributed by atoms with Crippen molar-refractivity contribution in [1.82, 2.24) is 0 Å². The van der Waals surface area contributed by atoms with E-state index in [1.165, 1.54) is 16.0 Å². The van der Waals surface area contributed by atoms with Crippen LogP contribution in [0.25, 0.3) is 10.4 Å². The molecule has 0 spiro atoms. The first-order valence-corrected chi connectivity index (χ1v) is 9.05. The average Bonchev–Trinajstić information content (AvgIpc) is 3.11. The molecule has 3 aromatic rings. The van der Waals surface area contributed by atoms with Crippen molar-refractivity contribution in [3.8, 4) is 10.4 Å². The van der Waals surface area contributed by atoms with Gasteiger partial charge in [0.1, 0.15) is 0 Å². The molecular weight excluding hydrogens is 314 g/mol. The van der Waals surface area contributed by atoms with Gasteiger partial charge in [0.05, 0.1) is 12.2 Å². The normalized spacial score (nSPS) is 10.6. The van der Waals surface area contributed by atoms with Crippen LogP contribution in [0.2, 0.25) is 0 Å². The number of hydrogen-bond acceptors (Lipinski definition) is 2. The first kappa shape index (κ1) is 16.5. The van der Waals surface area contributed by atoms with Crippen LogP contribution in [0.3, 0.4) is 0 Å². The monoisotopic (exact) mass is 335 g/mol. The van der Waals surface area contributed by atoms with Crippen LogP contribution in [0.15, 0.2) is 66.0 Å². The highest BCUT2D eigenvalue weighted by atomic mass is 32.1. The van der Waals surface area contributed by atoms with Crippen LogP contribution in [0, 0.1) is 6.92 Å². The van der Waals surface area contributed by atoms with Crippen molar-refractivity contribution < 1.29 is 4.79 Å². The molecule has 3 rings (SSSR count). The molecule has 0 atom stereocenters. The van der Waals surface area contributed by atoms with E-state index in [4.69, 9.17) is 0 Å². The highest BCUT2D eigenvalue weighted by Gasteiger charge is 2.16. The molecule has 0 N–H and O–H groups in total. The molecule has 0 saturated carbocycles. The highest BCUT2D eigenvalue weighted by molar-refractivity contribution is 7.14. The van der Waals surface area contributed by atoms with Gasteiger partial charge >= 0.3 is 0 Å². The fourth-order valence-electron chi connectivity index (χ4n) is 2.61. The molecule has 2 nitrogen and oxygen atoms in total. The Morgan fingerprint density at radius 1 is 1.04 bits per heavy atom. The van der Waals surface area contributed by atoms with Crippen molar-refractivity contribution in [3.63, 3.8) is 0 Å². The number of thiophene rings is 1. The molecule has 0 aliphatic heterocycles. The Bertz CT molecular complexity index is 805. The number of benzene rings is 2. The second-order valence-corrected chi connectivity index (χ2v) is 6.77. The zero-order valence-corrected chi connectivity index (χ0v) is 14.8. The fraction of sp³-hybridized carbons (Fsp3) is 0.190. The maximum Gasteiger partial charge on any atom is 0.227 e. The van der Waals surface area contributed by atoms with Gasteiger partial charge in [-0.15, -0.1) is 11.3 Å². The van der Waals surface area contributed by atoms with Crippen molar-refractivity contribution in [2.24, 2.45) is 0 Å². The summed E-state index contributed by atoms with van der Waals surface area (Å²) in [5.41, 5.74) is 4.54. The average molecular weight is 335 g/mol. The minimum absolute atomic E-state index is 0.146. The van der Waals surface area contributed by atoms with E-state index in [1.807, 2.05) is 30.0 Å². The Morgan fingerprint density at radius 2 is 1.75 bits per heavy atom. The van der Waals surface area contributed by atoms with Crippen LogP contribution in [0.1, 0.15) is 24.5 Å². The third-order valence-corrected chi connectivity index (χ3v) is 4.99. The van der Waals surface area contributed by atoms with Crippen LogP contribution in [-0.2, 0) is 11.3 Å². The highest BCUT2D eigenvalue weighted by Crippen LogP contribution is 2.32. The summed E-state index contributed by atoms with van der Waals surface area (Å²) in [6, 6.07) is 20.8. The second kappa shape index (κ2) is 7.45. The van der Waals surface area contributed by atoms with Gasteiger partial charge in [-0.05, 0) is 24.1 Å². The number of aryl methyl sites for hydroxylation is 1. The number of rotatable bonds is 5. The van der Waals surface area contributed by atoms with E-state index in [-0.39, 0.29) is 5.91 Å². The summed E-state index contributed by atoms with van der Waals surface area (Å²) in [6.07, 6.45) is 0.502. The van der Waals surface area contributed by atoms with Crippen molar-refractivity contribution in [3.05, 3.63) is 77.2 Å². The molecular formula is C21H21NOS. The van der Waals surface area contributed by atoms with E-state index in [0.29, 0.717) is 13.0 Å². The standard InChI is InChI=1S/C21H21NOS/c1-3-21(23)22(14-17-11-9-16(2)10-12-17)19-13-20(24-15-19)18-7-5-4-6-8-18/h4-13,15H,3,14H2,1-2H3. The van der Waals surface area contributed by atoms with E-state index < -0.39 is 0 Å². The molecule has 0 fully saturated rings. The molecule has 0 aliphatic rings. The van der Waals surface area contributed by atoms with Gasteiger partial charge in [-0.1, -0.05) is 67.1 Å². The zero-order valence-electron chi connectivity index (χ0n) is 14.0. The van der Waals surface area contributed by atoms with Gasteiger partial charge in [0.2, 0.25) is 5.91 Å². The zero-order chi connectivity index (χ0) is 16.9. The van der Waals surface area contributed by atoms with Crippen LogP contribution in [0.5, 0.6) is 0 Å². The third-order valence-electron chi connectivity index (χ3n) is 4.02. The van der Waals surface area contributed by atoms with Gasteiger partial charge in [-0.3, -0.25) is 4.79 Å². The molecule has 122 valence electrons. The predicted octanol–water partition coefficient (Wildman–Crippen LogP) is 5.67. The molecule has 1 aromatic heterocycles. The van der Waals surface area contributed by atoms with Gasteiger partial charge < -0.3 is 4.90 Å². The molecule has 3 heteroatoms. The molecule has 0 unspecified atom stereocenters. The lowest BCUT2D eigenvalue weighted by atomic mass is 10.1. The number of carbonyl (C=O) groups excluding carboxylic acids is 1. The summed E-state index contributed by atoms with van der Waals surface area (Å²) < 4.78 is 0. The maximum atomic E-state index is 12.5. The van der Waals surface area contributed by atoms with Crippen LogP contribution in [-0.4, -0.2) is 5.91 Å². The van der Waals surface area contributed by atoms with Crippen LogP contribution >= 0.6 is 11.3 Å². The van der Waals surface area contributed by atoms with Crippen molar-refractivity contribution >= 4 is 22.9 Å². The number of anilines is 1. The maximum absolute atomic E-state index is 12.5. The Hall–Kier alpha value is -2.39. The Kier molecular flexibility index (Phi) is 5.11. The molecule has 24 heavy (non-hydrogen) atoms. The molecule has 1 amide bonds. The number of carbonyl (C=O) groups is 1. The minimum atomic E-state index is 0.146. The number of nitrogens with zero attached hydrogens (tertiary/aromatic N) is 1. The summed E-state index contributed by atoms with van der Waals surface area (Å²) in [5, 5.41) is 2.07. The lowest BCUT2D eigenvalue weighted by Crippen LogP contribution is -2.29. The molecule has 1 heterocycles. The van der Waals surface area contributed by atoms with Gasteiger partial charge in [0.25, 0.3) is 0 Å². The largest absolute Gasteiger partial charge is 0.307 e. The molecule has 0 aliphatic carbocycles. The van der Waals surface area contributed by atoms with Gasteiger partial charge in [0.15, 0.2) is 0 Å². The topological polar surface area (TPSA) is 20.3 Å². The van der Waals surface area contributed by atoms with Crippen molar-refractivity contribution in [2.75, 3.05) is 4.90 Å². The van der Waals surface area contributed by atoms with E-state index in [1.54, 1.807) is 11.3 Å². The van der Waals surface area contributed by atoms with Crippen molar-refractivity contribution in [1.29, 1.82) is 0 Å². The quantitative estimate of drug-likeness (QED) is 0.588. The number of amides is 1. The second-order valence-electron chi connectivity index (χ2n) is 5.85. The van der Waals surface area contributed by atoms with Crippen LogP contribution < -0.4 is 4.90 Å². The lowest BCUT2D eigenvalue weighted by Gasteiger charge is -2.21. The first-order chi connectivity index (χ1) is 11.7. The molecule has 0 saturated heterocycles. The summed E-state index contributed by atoms with van der Waals surface area (Å²) in [5.74, 6) is 0.146. The molecule has 0 radical (unpaired) electrons. The van der Waals surface area contributed by atoms with Gasteiger partial charge in [0, 0.05) is 16.7 Å². The lowest BCUT2D eigenvalue weighted by molar-refractivity contribution is -0.118. The van der Waals surface area contributed by atoms with Gasteiger partial charge in [-0.25, -0.2) is 0 Å². The van der Waals surface area contributed by atoms with E-state index in [9.17, 15) is 4.79 Å². The Labute approximate surface area is 147 Å². The summed E-state index contributed by atoms with van der Waals surface area (Å²) in [4.78, 5) is 15.5. The molecule has 2 aromatic carbocycles. The summed E-state index contributed by atoms with van der Waals surface area (Å²) in [7, 11) is 0. The van der Waals surface area contributed by atoms with E-state index in [2.05, 4.69) is 54.8 Å². The predicted molar refractivity (Wildman–Crippen MR) is 102 cm³/mol. The first-order valence-electron chi connectivity index (χ1n) is 8.17. The van der Waals surface area contributed by atoms with Gasteiger partial charge in [-0.2, -0.15) is 0 Å².